The van der Waals surface area contributed by atoms with Gasteiger partial charge in [0.15, 0.2) is 11.5 Å². The number of hydrogen-bond acceptors (Lipinski definition) is 6. The monoisotopic (exact) mass is 428 g/mol. The molecule has 156 valence electrons. The summed E-state index contributed by atoms with van der Waals surface area (Å²) >= 11 is 0. The minimum atomic E-state index is -3.89. The molecule has 2 N–H and O–H groups in total. The van der Waals surface area contributed by atoms with Gasteiger partial charge in [0.25, 0.3) is 15.9 Å². The first-order valence-electron chi connectivity index (χ1n) is 9.23. The van der Waals surface area contributed by atoms with E-state index in [1.165, 1.54) is 24.4 Å². The van der Waals surface area contributed by atoms with E-state index in [1.54, 1.807) is 42.2 Å². The van der Waals surface area contributed by atoms with Crippen molar-refractivity contribution in [3.63, 3.8) is 0 Å². The van der Waals surface area contributed by atoms with Crippen molar-refractivity contribution in [2.45, 2.75) is 11.3 Å². The van der Waals surface area contributed by atoms with Crippen molar-refractivity contribution < 1.29 is 22.7 Å². The topological polar surface area (TPSA) is 112 Å². The Labute approximate surface area is 173 Å². The number of aromatic nitrogens is 2. The van der Waals surface area contributed by atoms with Crippen molar-refractivity contribution in [3.8, 4) is 11.5 Å². The maximum atomic E-state index is 12.8. The average molecular weight is 428 g/mol. The summed E-state index contributed by atoms with van der Waals surface area (Å²) in [7, 11) is -2.15. The molecule has 0 saturated heterocycles. The molecule has 0 atom stereocenters. The third-order valence-electron chi connectivity index (χ3n) is 4.37. The van der Waals surface area contributed by atoms with Crippen molar-refractivity contribution in [2.24, 2.45) is 7.05 Å². The van der Waals surface area contributed by atoms with Crippen molar-refractivity contribution in [1.82, 2.24) is 9.78 Å². The van der Waals surface area contributed by atoms with Gasteiger partial charge in [0.1, 0.15) is 0 Å². The highest BCUT2D eigenvalue weighted by Crippen LogP contribution is 2.32. The number of fused-ring (bicyclic) bond motifs is 1. The van der Waals surface area contributed by atoms with E-state index in [0.717, 1.165) is 6.42 Å². The molecule has 9 nitrogen and oxygen atoms in total. The van der Waals surface area contributed by atoms with Gasteiger partial charge in [-0.25, -0.2) is 8.42 Å². The third kappa shape index (κ3) is 4.38. The molecule has 1 amide bonds. The maximum Gasteiger partial charge on any atom is 0.262 e. The zero-order valence-electron chi connectivity index (χ0n) is 16.2. The van der Waals surface area contributed by atoms with Crippen LogP contribution in [0.4, 0.5) is 11.4 Å². The quantitative estimate of drug-likeness (QED) is 0.646. The van der Waals surface area contributed by atoms with Crippen LogP contribution in [0.1, 0.15) is 16.8 Å². The van der Waals surface area contributed by atoms with Crippen LogP contribution in [0.2, 0.25) is 0 Å². The Hall–Kier alpha value is -3.53. The van der Waals surface area contributed by atoms with E-state index in [0.29, 0.717) is 36.0 Å². The zero-order chi connectivity index (χ0) is 21.1. The predicted octanol–water partition coefficient (Wildman–Crippen LogP) is 2.63. The molecular weight excluding hydrogens is 408 g/mol. The number of hydrogen-bond donors (Lipinski definition) is 2. The van der Waals surface area contributed by atoms with Gasteiger partial charge in [-0.15, -0.1) is 0 Å². The number of benzene rings is 2. The van der Waals surface area contributed by atoms with Crippen LogP contribution in [0.25, 0.3) is 0 Å². The van der Waals surface area contributed by atoms with Gasteiger partial charge in [-0.1, -0.05) is 6.07 Å². The summed E-state index contributed by atoms with van der Waals surface area (Å²) < 4.78 is 40.8. The van der Waals surface area contributed by atoms with Crippen LogP contribution in [0.15, 0.2) is 59.8 Å². The van der Waals surface area contributed by atoms with Crippen LogP contribution < -0.4 is 19.5 Å². The standard InChI is InChI=1S/C20H20N4O5S/c1-24-13-16(12-21-24)22-20(25)14-4-2-5-15(10-14)23-30(26,27)17-6-7-18-19(11-17)29-9-3-8-28-18/h2,4-7,10-13,23H,3,8-9H2,1H3,(H,22,25). The fourth-order valence-electron chi connectivity index (χ4n) is 2.94. The smallest absolute Gasteiger partial charge is 0.262 e. The molecule has 1 aliphatic heterocycles. The van der Waals surface area contributed by atoms with Gasteiger partial charge in [0, 0.05) is 37.0 Å². The highest BCUT2D eigenvalue weighted by molar-refractivity contribution is 7.92. The summed E-state index contributed by atoms with van der Waals surface area (Å²) in [5.41, 5.74) is 1.11. The van der Waals surface area contributed by atoms with E-state index in [4.69, 9.17) is 9.47 Å². The Morgan fingerprint density at radius 3 is 2.63 bits per heavy atom. The lowest BCUT2D eigenvalue weighted by molar-refractivity contribution is 0.102. The van der Waals surface area contributed by atoms with Crippen LogP contribution in [0.3, 0.4) is 0 Å². The lowest BCUT2D eigenvalue weighted by atomic mass is 10.2. The first-order chi connectivity index (χ1) is 14.4. The van der Waals surface area contributed by atoms with Crippen LogP contribution in [0, 0.1) is 0 Å². The molecule has 1 aromatic heterocycles. The van der Waals surface area contributed by atoms with E-state index in [1.807, 2.05) is 0 Å². The molecule has 1 aliphatic rings. The van der Waals surface area contributed by atoms with Crippen LogP contribution in [-0.2, 0) is 17.1 Å². The molecule has 0 unspecified atom stereocenters. The molecule has 0 radical (unpaired) electrons. The number of rotatable bonds is 5. The second kappa shape index (κ2) is 8.07. The number of ether oxygens (including phenoxy) is 2. The molecule has 2 heterocycles. The predicted molar refractivity (Wildman–Crippen MR) is 110 cm³/mol. The second-order valence-electron chi connectivity index (χ2n) is 6.70. The average Bonchev–Trinajstić information content (AvgIpc) is 2.98. The largest absolute Gasteiger partial charge is 0.490 e. The molecule has 3 aromatic rings. The molecule has 4 rings (SSSR count). The Bertz CT molecular complexity index is 1190. The van der Waals surface area contributed by atoms with Crippen LogP contribution in [0.5, 0.6) is 11.5 Å². The van der Waals surface area contributed by atoms with Crippen molar-refractivity contribution in [2.75, 3.05) is 23.3 Å². The van der Waals surface area contributed by atoms with Crippen molar-refractivity contribution >= 4 is 27.3 Å². The van der Waals surface area contributed by atoms with E-state index in [-0.39, 0.29) is 16.5 Å². The highest BCUT2D eigenvalue weighted by Gasteiger charge is 2.19. The summed E-state index contributed by atoms with van der Waals surface area (Å²) in [6, 6.07) is 10.7. The number of nitrogens with zero attached hydrogens (tertiary/aromatic N) is 2. The van der Waals surface area contributed by atoms with Crippen molar-refractivity contribution in [1.29, 1.82) is 0 Å². The maximum absolute atomic E-state index is 12.8. The van der Waals surface area contributed by atoms with Crippen LogP contribution in [-0.4, -0.2) is 37.3 Å². The number of sulfonamides is 1. The minimum Gasteiger partial charge on any atom is -0.490 e. The Morgan fingerprint density at radius 2 is 1.87 bits per heavy atom. The van der Waals surface area contributed by atoms with E-state index in [9.17, 15) is 13.2 Å². The third-order valence-corrected chi connectivity index (χ3v) is 5.75. The van der Waals surface area contributed by atoms with Crippen molar-refractivity contribution in [3.05, 3.63) is 60.4 Å². The first kappa shape index (κ1) is 19.8. The molecule has 0 fully saturated rings. The van der Waals surface area contributed by atoms with Gasteiger partial charge in [-0.2, -0.15) is 5.10 Å². The molecule has 0 spiro atoms. The number of carbonyl (C=O) groups excluding carboxylic acids is 1. The van der Waals surface area contributed by atoms with Gasteiger partial charge >= 0.3 is 0 Å². The normalized spacial score (nSPS) is 13.4. The van der Waals surface area contributed by atoms with Gasteiger partial charge in [-0.3, -0.25) is 14.2 Å². The molecule has 0 bridgehead atoms. The Balaban J connectivity index is 1.53. The zero-order valence-corrected chi connectivity index (χ0v) is 17.0. The van der Waals surface area contributed by atoms with Gasteiger partial charge in [0.2, 0.25) is 0 Å². The van der Waals surface area contributed by atoms with E-state index < -0.39 is 10.0 Å². The molecule has 0 aliphatic carbocycles. The fraction of sp³-hybridized carbons (Fsp3) is 0.200. The highest BCUT2D eigenvalue weighted by atomic mass is 32.2. The fourth-order valence-corrected chi connectivity index (χ4v) is 4.00. The summed E-state index contributed by atoms with van der Waals surface area (Å²) in [6.07, 6.45) is 3.91. The summed E-state index contributed by atoms with van der Waals surface area (Å²) in [6.45, 7) is 0.975. The Kier molecular flexibility index (Phi) is 5.32. The first-order valence-corrected chi connectivity index (χ1v) is 10.7. The number of amides is 1. The SMILES string of the molecule is Cn1cc(NC(=O)c2cccc(NS(=O)(=O)c3ccc4c(c3)OCCCO4)c2)cn1. The van der Waals surface area contributed by atoms with Gasteiger partial charge < -0.3 is 14.8 Å². The summed E-state index contributed by atoms with van der Waals surface area (Å²) in [5, 5.41) is 6.70. The molecule has 2 aromatic carbocycles. The molecular formula is C20H20N4O5S. The van der Waals surface area contributed by atoms with E-state index >= 15 is 0 Å². The molecule has 0 saturated carbocycles. The minimum absolute atomic E-state index is 0.0389. The molecule has 30 heavy (non-hydrogen) atoms. The number of carbonyl (C=O) groups is 1. The lowest BCUT2D eigenvalue weighted by Gasteiger charge is -2.12. The summed E-state index contributed by atoms with van der Waals surface area (Å²) in [5.74, 6) is 0.528. The van der Waals surface area contributed by atoms with Crippen LogP contribution >= 0.6 is 0 Å². The Morgan fingerprint density at radius 1 is 1.07 bits per heavy atom. The van der Waals surface area contributed by atoms with E-state index in [2.05, 4.69) is 15.1 Å². The molecule has 10 heteroatoms. The number of aryl methyl sites for hydroxylation is 1. The number of anilines is 2. The second-order valence-corrected chi connectivity index (χ2v) is 8.38. The number of nitrogens with one attached hydrogen (secondary N) is 2. The van der Waals surface area contributed by atoms with Gasteiger partial charge in [0.05, 0.1) is 30.0 Å². The van der Waals surface area contributed by atoms with Gasteiger partial charge in [-0.05, 0) is 30.3 Å². The lowest BCUT2D eigenvalue weighted by Crippen LogP contribution is -2.15. The summed E-state index contributed by atoms with van der Waals surface area (Å²) in [4.78, 5) is 12.5.